The maximum Gasteiger partial charge on any atom is 0.224 e. The van der Waals surface area contributed by atoms with Crippen LogP contribution in [0.4, 0.5) is 5.69 Å². The zero-order valence-electron chi connectivity index (χ0n) is 13.5. The molecule has 0 unspecified atom stereocenters. The topological polar surface area (TPSA) is 54.9 Å². The van der Waals surface area contributed by atoms with Crippen LogP contribution in [0.1, 0.15) is 23.9 Å². The van der Waals surface area contributed by atoms with Crippen LogP contribution in [0, 0.1) is 0 Å². The summed E-state index contributed by atoms with van der Waals surface area (Å²) in [5.74, 6) is 0.0190. The number of carbonyl (C=O) groups is 1. The van der Waals surface area contributed by atoms with Crippen LogP contribution in [0.5, 0.6) is 0 Å². The number of nitrogens with one attached hydrogen (secondary N) is 1. The van der Waals surface area contributed by atoms with Crippen LogP contribution in [-0.4, -0.2) is 15.9 Å². The molecule has 3 rings (SSSR count). The Hall–Kier alpha value is -2.53. The van der Waals surface area contributed by atoms with Crippen LogP contribution < -0.4 is 5.32 Å². The summed E-state index contributed by atoms with van der Waals surface area (Å²) in [5.41, 5.74) is 3.78. The van der Waals surface area contributed by atoms with Crippen molar-refractivity contribution in [1.29, 1.82) is 0 Å². The number of hydrogen-bond donors (Lipinski definition) is 1. The molecule has 1 amide bonds. The van der Waals surface area contributed by atoms with Crippen LogP contribution in [0.25, 0.3) is 11.4 Å². The third kappa shape index (κ3) is 4.06. The average Bonchev–Trinajstić information content (AvgIpc) is 3.10. The highest BCUT2D eigenvalue weighted by Gasteiger charge is 2.09. The van der Waals surface area contributed by atoms with Gasteiger partial charge in [0.25, 0.3) is 0 Å². The molecule has 0 radical (unpaired) electrons. The van der Waals surface area contributed by atoms with Crippen molar-refractivity contribution in [3.05, 3.63) is 64.6 Å². The van der Waals surface area contributed by atoms with Crippen molar-refractivity contribution in [3.63, 3.8) is 0 Å². The fourth-order valence-electron chi connectivity index (χ4n) is 2.44. The first kappa shape index (κ1) is 16.3. The molecule has 3 aromatic rings. The van der Waals surface area contributed by atoms with E-state index in [4.69, 9.17) is 0 Å². The SMILES string of the molecule is CCc1ccccc1NC(=O)CCc1nc(-c2ccccn2)cs1. The van der Waals surface area contributed by atoms with Gasteiger partial charge in [0.05, 0.1) is 16.4 Å². The lowest BCUT2D eigenvalue weighted by atomic mass is 10.1. The van der Waals surface area contributed by atoms with Crippen molar-refractivity contribution in [3.8, 4) is 11.4 Å². The predicted octanol–water partition coefficient (Wildman–Crippen LogP) is 4.34. The number of pyridine rings is 1. The zero-order chi connectivity index (χ0) is 16.8. The maximum absolute atomic E-state index is 12.2. The Bertz CT molecular complexity index is 814. The van der Waals surface area contributed by atoms with Gasteiger partial charge in [-0.25, -0.2) is 4.98 Å². The molecule has 0 saturated heterocycles. The van der Waals surface area contributed by atoms with Gasteiger partial charge < -0.3 is 5.32 Å². The minimum absolute atomic E-state index is 0.0190. The number of anilines is 1. The summed E-state index contributed by atoms with van der Waals surface area (Å²) >= 11 is 1.57. The third-order valence-corrected chi connectivity index (χ3v) is 4.63. The van der Waals surface area contributed by atoms with Gasteiger partial charge in [-0.3, -0.25) is 9.78 Å². The molecule has 2 aromatic heterocycles. The van der Waals surface area contributed by atoms with Gasteiger partial charge in [0.2, 0.25) is 5.91 Å². The first-order valence-electron chi connectivity index (χ1n) is 8.00. The van der Waals surface area contributed by atoms with E-state index < -0.39 is 0 Å². The molecule has 2 heterocycles. The fraction of sp³-hybridized carbons (Fsp3) is 0.211. The fourth-order valence-corrected chi connectivity index (χ4v) is 3.23. The molecule has 0 saturated carbocycles. The van der Waals surface area contributed by atoms with Gasteiger partial charge in [-0.05, 0) is 30.2 Å². The lowest BCUT2D eigenvalue weighted by molar-refractivity contribution is -0.116. The minimum atomic E-state index is 0.0190. The number of aromatic nitrogens is 2. The molecule has 0 aliphatic heterocycles. The summed E-state index contributed by atoms with van der Waals surface area (Å²) in [6.07, 6.45) is 3.72. The van der Waals surface area contributed by atoms with Crippen LogP contribution in [0.2, 0.25) is 0 Å². The summed E-state index contributed by atoms with van der Waals surface area (Å²) < 4.78 is 0. The summed E-state index contributed by atoms with van der Waals surface area (Å²) in [7, 11) is 0. The van der Waals surface area contributed by atoms with Crippen molar-refractivity contribution in [1.82, 2.24) is 9.97 Å². The van der Waals surface area contributed by atoms with Gasteiger partial charge >= 0.3 is 0 Å². The predicted molar refractivity (Wildman–Crippen MR) is 98.1 cm³/mol. The molecule has 0 fully saturated rings. The number of hydrogen-bond acceptors (Lipinski definition) is 4. The van der Waals surface area contributed by atoms with Crippen molar-refractivity contribution >= 4 is 22.9 Å². The van der Waals surface area contributed by atoms with Crippen LogP contribution in [0.15, 0.2) is 54.0 Å². The molecule has 0 atom stereocenters. The number of carbonyl (C=O) groups excluding carboxylic acids is 1. The third-order valence-electron chi connectivity index (χ3n) is 3.72. The number of nitrogens with zero attached hydrogens (tertiary/aromatic N) is 2. The molecule has 1 N–H and O–H groups in total. The van der Waals surface area contributed by atoms with Gasteiger partial charge in [0.1, 0.15) is 0 Å². The number of amides is 1. The number of aryl methyl sites for hydroxylation is 2. The quantitative estimate of drug-likeness (QED) is 0.728. The van der Waals surface area contributed by atoms with Crippen molar-refractivity contribution < 1.29 is 4.79 Å². The van der Waals surface area contributed by atoms with E-state index in [9.17, 15) is 4.79 Å². The van der Waals surface area contributed by atoms with E-state index in [1.807, 2.05) is 47.8 Å². The molecule has 24 heavy (non-hydrogen) atoms. The summed E-state index contributed by atoms with van der Waals surface area (Å²) in [4.78, 5) is 21.1. The summed E-state index contributed by atoms with van der Waals surface area (Å²) in [6.45, 7) is 2.08. The van der Waals surface area contributed by atoms with Gasteiger partial charge in [0.15, 0.2) is 0 Å². The lowest BCUT2D eigenvalue weighted by Crippen LogP contribution is -2.13. The number of thiazole rings is 1. The van der Waals surface area contributed by atoms with Crippen LogP contribution in [-0.2, 0) is 17.6 Å². The van der Waals surface area contributed by atoms with Crippen molar-refractivity contribution in [2.75, 3.05) is 5.32 Å². The monoisotopic (exact) mass is 337 g/mol. The Kier molecular flexibility index (Phi) is 5.33. The highest BCUT2D eigenvalue weighted by atomic mass is 32.1. The van der Waals surface area contributed by atoms with E-state index in [-0.39, 0.29) is 5.91 Å². The first-order chi connectivity index (χ1) is 11.8. The molecular weight excluding hydrogens is 318 g/mol. The normalized spacial score (nSPS) is 10.5. The smallest absolute Gasteiger partial charge is 0.224 e. The summed E-state index contributed by atoms with van der Waals surface area (Å²) in [6, 6.07) is 13.7. The Labute approximate surface area is 145 Å². The second kappa shape index (κ2) is 7.84. The van der Waals surface area contributed by atoms with Gasteiger partial charge in [-0.2, -0.15) is 0 Å². The van der Waals surface area contributed by atoms with E-state index >= 15 is 0 Å². The second-order valence-electron chi connectivity index (χ2n) is 5.40. The molecule has 5 heteroatoms. The maximum atomic E-state index is 12.2. The summed E-state index contributed by atoms with van der Waals surface area (Å²) in [5, 5.41) is 5.94. The van der Waals surface area contributed by atoms with Crippen LogP contribution >= 0.6 is 11.3 Å². The highest BCUT2D eigenvalue weighted by molar-refractivity contribution is 7.09. The van der Waals surface area contributed by atoms with Gasteiger partial charge in [0, 0.05) is 30.1 Å². The molecule has 0 aliphatic rings. The van der Waals surface area contributed by atoms with E-state index in [2.05, 4.69) is 22.2 Å². The number of para-hydroxylation sites is 1. The number of benzene rings is 1. The molecule has 0 spiro atoms. The molecular formula is C19H19N3OS. The van der Waals surface area contributed by atoms with Crippen molar-refractivity contribution in [2.45, 2.75) is 26.2 Å². The molecule has 122 valence electrons. The highest BCUT2D eigenvalue weighted by Crippen LogP contribution is 2.21. The minimum Gasteiger partial charge on any atom is -0.326 e. The first-order valence-corrected chi connectivity index (χ1v) is 8.88. The van der Waals surface area contributed by atoms with E-state index in [1.165, 1.54) is 0 Å². The lowest BCUT2D eigenvalue weighted by Gasteiger charge is -2.09. The Balaban J connectivity index is 1.58. The van der Waals surface area contributed by atoms with E-state index in [0.717, 1.165) is 34.1 Å². The van der Waals surface area contributed by atoms with Gasteiger partial charge in [-0.1, -0.05) is 31.2 Å². The largest absolute Gasteiger partial charge is 0.326 e. The Morgan fingerprint density at radius 2 is 1.96 bits per heavy atom. The number of rotatable bonds is 6. The molecule has 0 bridgehead atoms. The second-order valence-corrected chi connectivity index (χ2v) is 6.34. The zero-order valence-corrected chi connectivity index (χ0v) is 14.3. The van der Waals surface area contributed by atoms with Crippen LogP contribution in [0.3, 0.4) is 0 Å². The van der Waals surface area contributed by atoms with Crippen molar-refractivity contribution in [2.24, 2.45) is 0 Å². The molecule has 1 aromatic carbocycles. The standard InChI is InChI=1S/C19H19N3OS/c1-2-14-7-3-4-8-15(14)21-18(23)10-11-19-22-17(13-24-19)16-9-5-6-12-20-16/h3-9,12-13H,2,10-11H2,1H3,(H,21,23). The van der Waals surface area contributed by atoms with Gasteiger partial charge in [-0.15, -0.1) is 11.3 Å². The average molecular weight is 337 g/mol. The Morgan fingerprint density at radius 1 is 1.12 bits per heavy atom. The van der Waals surface area contributed by atoms with E-state index in [1.54, 1.807) is 17.5 Å². The Morgan fingerprint density at radius 3 is 2.75 bits per heavy atom. The molecule has 4 nitrogen and oxygen atoms in total. The molecule has 0 aliphatic carbocycles. The van der Waals surface area contributed by atoms with E-state index in [0.29, 0.717) is 12.8 Å².